The van der Waals surface area contributed by atoms with E-state index in [-0.39, 0.29) is 6.10 Å². The molecular weight excluding hydrogens is 550 g/mol. The number of aromatic nitrogens is 1. The zero-order valence-corrected chi connectivity index (χ0v) is 19.3. The predicted octanol–water partition coefficient (Wildman–Crippen LogP) is 5.10. The molecule has 138 valence electrons. The molecule has 4 rings (SSSR count). The average molecular weight is 574 g/mol. The smallest absolute Gasteiger partial charge is 0.0845 e. The lowest BCUT2D eigenvalue weighted by Crippen LogP contribution is -2.39. The largest absolute Gasteiger partial charge is 0.390 e. The van der Waals surface area contributed by atoms with Crippen LogP contribution in [-0.4, -0.2) is 40.3 Å². The molecule has 0 spiro atoms. The van der Waals surface area contributed by atoms with Crippen molar-refractivity contribution in [3.8, 4) is 0 Å². The first kappa shape index (κ1) is 19.0. The van der Waals surface area contributed by atoms with E-state index in [9.17, 15) is 5.11 Å². The van der Waals surface area contributed by atoms with Crippen LogP contribution in [0.3, 0.4) is 0 Å². The lowest BCUT2D eigenvalue weighted by molar-refractivity contribution is 0.0817. The zero-order valence-electron chi connectivity index (χ0n) is 15.0. The van der Waals surface area contributed by atoms with Crippen LogP contribution < -0.4 is 0 Å². The molecule has 1 aliphatic rings. The summed E-state index contributed by atoms with van der Waals surface area (Å²) >= 11 is 4.75. The number of β-amino-alcohol motifs (C(OH)–C–C–N with tert-alkyl or cyclic N) is 1. The Morgan fingerprint density at radius 2 is 1.50 bits per heavy atom. The van der Waals surface area contributed by atoms with E-state index in [1.807, 2.05) is 0 Å². The van der Waals surface area contributed by atoms with Gasteiger partial charge in [0.1, 0.15) is 0 Å². The molecule has 0 radical (unpaired) electrons. The van der Waals surface area contributed by atoms with Crippen molar-refractivity contribution >= 4 is 67.0 Å². The van der Waals surface area contributed by atoms with E-state index < -0.39 is 0 Å². The number of fused-ring (bicyclic) bond motifs is 3. The first-order chi connectivity index (χ1) is 12.5. The SMILES string of the molecule is CC1CCN(CC(O)Cn2c3ccc(I)cc3c3cc(I)ccc32)CC1. The van der Waals surface area contributed by atoms with Crippen molar-refractivity contribution in [3.63, 3.8) is 0 Å². The Hall–Kier alpha value is -0.380. The molecule has 5 heteroatoms. The molecule has 3 nitrogen and oxygen atoms in total. The summed E-state index contributed by atoms with van der Waals surface area (Å²) in [5.74, 6) is 0.825. The van der Waals surface area contributed by atoms with E-state index >= 15 is 0 Å². The predicted molar refractivity (Wildman–Crippen MR) is 126 cm³/mol. The van der Waals surface area contributed by atoms with Gasteiger partial charge in [-0.2, -0.15) is 0 Å². The van der Waals surface area contributed by atoms with Gasteiger partial charge in [-0.05, 0) is 113 Å². The molecule has 1 aromatic heterocycles. The Bertz CT molecular complexity index is 869. The maximum atomic E-state index is 10.8. The van der Waals surface area contributed by atoms with Gasteiger partial charge in [-0.3, -0.25) is 0 Å². The molecular formula is C21H24I2N2O. The van der Waals surface area contributed by atoms with Gasteiger partial charge in [0.25, 0.3) is 0 Å². The lowest BCUT2D eigenvalue weighted by atomic mass is 9.99. The molecule has 0 saturated carbocycles. The minimum absolute atomic E-state index is 0.347. The average Bonchev–Trinajstić information content (AvgIpc) is 2.89. The third-order valence-corrected chi connectivity index (χ3v) is 6.87. The van der Waals surface area contributed by atoms with Crippen molar-refractivity contribution in [2.24, 2.45) is 5.92 Å². The van der Waals surface area contributed by atoms with Gasteiger partial charge in [0, 0.05) is 35.5 Å². The highest BCUT2D eigenvalue weighted by Gasteiger charge is 2.20. The summed E-state index contributed by atoms with van der Waals surface area (Å²) in [6.45, 7) is 5.97. The van der Waals surface area contributed by atoms with Crippen LogP contribution in [0.2, 0.25) is 0 Å². The Kier molecular flexibility index (Phi) is 5.78. The summed E-state index contributed by atoms with van der Waals surface area (Å²) in [5, 5.41) is 13.4. The number of likely N-dealkylation sites (tertiary alicyclic amines) is 1. The molecule has 1 fully saturated rings. The Balaban J connectivity index is 1.64. The van der Waals surface area contributed by atoms with E-state index in [0.717, 1.165) is 25.6 Å². The van der Waals surface area contributed by atoms with Crippen LogP contribution in [0.15, 0.2) is 36.4 Å². The number of nitrogens with zero attached hydrogens (tertiary/aromatic N) is 2. The second-order valence-electron chi connectivity index (χ2n) is 7.57. The Morgan fingerprint density at radius 1 is 0.962 bits per heavy atom. The molecule has 1 saturated heterocycles. The normalized spacial score (nSPS) is 18.0. The van der Waals surface area contributed by atoms with Crippen LogP contribution in [0, 0.1) is 13.1 Å². The number of benzene rings is 2. The van der Waals surface area contributed by atoms with Gasteiger partial charge in [0.2, 0.25) is 0 Å². The number of aliphatic hydroxyl groups is 1. The molecule has 0 amide bonds. The molecule has 1 aliphatic heterocycles. The van der Waals surface area contributed by atoms with Crippen molar-refractivity contribution in [2.45, 2.75) is 32.4 Å². The number of aliphatic hydroxyl groups excluding tert-OH is 1. The molecule has 3 aromatic rings. The van der Waals surface area contributed by atoms with Crippen molar-refractivity contribution in [3.05, 3.63) is 43.5 Å². The number of hydrogen-bond acceptors (Lipinski definition) is 2. The second kappa shape index (κ2) is 7.93. The van der Waals surface area contributed by atoms with Crippen molar-refractivity contribution < 1.29 is 5.11 Å². The standard InChI is InChI=1S/C21H24I2N2O/c1-14-6-8-24(9-7-14)12-17(26)13-25-20-4-2-15(22)10-18(20)19-11-16(23)3-5-21(19)25/h2-5,10-11,14,17,26H,6-9,12-13H2,1H3. The highest BCUT2D eigenvalue weighted by molar-refractivity contribution is 14.1. The molecule has 26 heavy (non-hydrogen) atoms. The summed E-state index contributed by atoms with van der Waals surface area (Å²) in [5.41, 5.74) is 2.43. The fourth-order valence-corrected chi connectivity index (χ4v) is 5.04. The second-order valence-corrected chi connectivity index (χ2v) is 10.1. The first-order valence-electron chi connectivity index (χ1n) is 9.28. The molecule has 0 bridgehead atoms. The van der Waals surface area contributed by atoms with Crippen LogP contribution in [0.5, 0.6) is 0 Å². The number of halogens is 2. The van der Waals surface area contributed by atoms with Gasteiger partial charge in [-0.15, -0.1) is 0 Å². The number of piperidine rings is 1. The minimum atomic E-state index is -0.347. The summed E-state index contributed by atoms with van der Waals surface area (Å²) in [7, 11) is 0. The monoisotopic (exact) mass is 574 g/mol. The summed E-state index contributed by atoms with van der Waals surface area (Å²) in [6, 6.07) is 13.2. The fraction of sp³-hybridized carbons (Fsp3) is 0.429. The number of rotatable bonds is 4. The Labute approximate surface area is 182 Å². The van der Waals surface area contributed by atoms with Crippen molar-refractivity contribution in [1.29, 1.82) is 0 Å². The summed E-state index contributed by atoms with van der Waals surface area (Å²) in [4.78, 5) is 2.42. The first-order valence-corrected chi connectivity index (χ1v) is 11.4. The maximum Gasteiger partial charge on any atom is 0.0845 e. The van der Waals surface area contributed by atoms with Crippen molar-refractivity contribution in [1.82, 2.24) is 9.47 Å². The van der Waals surface area contributed by atoms with Gasteiger partial charge in [0.05, 0.1) is 12.6 Å². The van der Waals surface area contributed by atoms with E-state index in [4.69, 9.17) is 0 Å². The van der Waals surface area contributed by atoms with Crippen LogP contribution in [0.1, 0.15) is 19.8 Å². The quantitative estimate of drug-likeness (QED) is 0.440. The molecule has 1 atom stereocenters. The topological polar surface area (TPSA) is 28.4 Å². The van der Waals surface area contributed by atoms with Crippen LogP contribution in [-0.2, 0) is 6.54 Å². The molecule has 1 unspecified atom stereocenters. The van der Waals surface area contributed by atoms with Gasteiger partial charge in [0.15, 0.2) is 0 Å². The van der Waals surface area contributed by atoms with Gasteiger partial charge in [-0.1, -0.05) is 6.92 Å². The molecule has 2 aromatic carbocycles. The molecule has 2 heterocycles. The number of hydrogen-bond donors (Lipinski definition) is 1. The van der Waals surface area contributed by atoms with E-state index in [1.54, 1.807) is 0 Å². The van der Waals surface area contributed by atoms with E-state index in [0.29, 0.717) is 6.54 Å². The van der Waals surface area contributed by atoms with Crippen LogP contribution >= 0.6 is 45.2 Å². The van der Waals surface area contributed by atoms with Gasteiger partial charge >= 0.3 is 0 Å². The lowest BCUT2D eigenvalue weighted by Gasteiger charge is -2.31. The zero-order chi connectivity index (χ0) is 18.3. The van der Waals surface area contributed by atoms with Gasteiger partial charge in [-0.25, -0.2) is 0 Å². The minimum Gasteiger partial charge on any atom is -0.390 e. The maximum absolute atomic E-state index is 10.8. The third kappa shape index (κ3) is 3.91. The highest BCUT2D eigenvalue weighted by atomic mass is 127. The van der Waals surface area contributed by atoms with Crippen molar-refractivity contribution in [2.75, 3.05) is 19.6 Å². The van der Waals surface area contributed by atoms with Crippen LogP contribution in [0.25, 0.3) is 21.8 Å². The summed E-state index contributed by atoms with van der Waals surface area (Å²) in [6.07, 6.45) is 2.15. The Morgan fingerprint density at radius 3 is 2.04 bits per heavy atom. The van der Waals surface area contributed by atoms with E-state index in [1.165, 1.54) is 41.8 Å². The molecule has 0 aliphatic carbocycles. The summed E-state index contributed by atoms with van der Waals surface area (Å²) < 4.78 is 4.79. The van der Waals surface area contributed by atoms with Gasteiger partial charge < -0.3 is 14.6 Å². The van der Waals surface area contributed by atoms with E-state index in [2.05, 4.69) is 98.0 Å². The third-order valence-electron chi connectivity index (χ3n) is 5.53. The highest BCUT2D eigenvalue weighted by Crippen LogP contribution is 2.31. The molecule has 1 N–H and O–H groups in total. The van der Waals surface area contributed by atoms with Crippen LogP contribution in [0.4, 0.5) is 0 Å². The fourth-order valence-electron chi connectivity index (χ4n) is 4.06.